The highest BCUT2D eigenvalue weighted by Crippen LogP contribution is 2.20. The molecule has 0 aliphatic heterocycles. The van der Waals surface area contributed by atoms with E-state index in [2.05, 4.69) is 5.32 Å². The molecule has 1 fully saturated rings. The SMILES string of the molecule is Cc1ccc(C(=O)NC2CC2)c(F)c1. The smallest absolute Gasteiger partial charge is 0.254 e. The Labute approximate surface area is 82.1 Å². The van der Waals surface area contributed by atoms with E-state index in [0.717, 1.165) is 18.4 Å². The van der Waals surface area contributed by atoms with Crippen molar-refractivity contribution in [1.82, 2.24) is 5.32 Å². The molecule has 74 valence electrons. The van der Waals surface area contributed by atoms with Gasteiger partial charge in [0.05, 0.1) is 5.56 Å². The van der Waals surface area contributed by atoms with Gasteiger partial charge < -0.3 is 5.32 Å². The van der Waals surface area contributed by atoms with Crippen LogP contribution >= 0.6 is 0 Å². The topological polar surface area (TPSA) is 29.1 Å². The number of carbonyl (C=O) groups excluding carboxylic acids is 1. The Bertz CT molecular complexity index is 372. The van der Waals surface area contributed by atoms with Gasteiger partial charge in [-0.05, 0) is 37.5 Å². The van der Waals surface area contributed by atoms with E-state index in [1.165, 1.54) is 12.1 Å². The lowest BCUT2D eigenvalue weighted by Gasteiger charge is -2.04. The molecule has 1 aliphatic carbocycles. The molecule has 0 radical (unpaired) electrons. The minimum atomic E-state index is -0.442. The monoisotopic (exact) mass is 193 g/mol. The molecule has 3 heteroatoms. The van der Waals surface area contributed by atoms with E-state index in [-0.39, 0.29) is 17.5 Å². The molecule has 2 rings (SSSR count). The third kappa shape index (κ3) is 1.92. The summed E-state index contributed by atoms with van der Waals surface area (Å²) in [6, 6.07) is 4.91. The van der Waals surface area contributed by atoms with Crippen LogP contribution in [-0.2, 0) is 0 Å². The molecule has 1 N–H and O–H groups in total. The minimum Gasteiger partial charge on any atom is -0.349 e. The molecule has 0 bridgehead atoms. The molecule has 14 heavy (non-hydrogen) atoms. The summed E-state index contributed by atoms with van der Waals surface area (Å²) in [6.07, 6.45) is 2.03. The first-order valence-electron chi connectivity index (χ1n) is 4.74. The highest BCUT2D eigenvalue weighted by atomic mass is 19.1. The molecule has 0 heterocycles. The Morgan fingerprint density at radius 1 is 1.50 bits per heavy atom. The van der Waals surface area contributed by atoms with Crippen molar-refractivity contribution in [2.45, 2.75) is 25.8 Å². The molecule has 0 saturated heterocycles. The number of rotatable bonds is 2. The molecule has 1 amide bonds. The Morgan fingerprint density at radius 2 is 2.21 bits per heavy atom. The van der Waals surface area contributed by atoms with Gasteiger partial charge in [0.2, 0.25) is 0 Å². The predicted octanol–water partition coefficient (Wildman–Crippen LogP) is 2.03. The van der Waals surface area contributed by atoms with Crippen molar-refractivity contribution in [1.29, 1.82) is 0 Å². The molecule has 1 aliphatic rings. The van der Waals surface area contributed by atoms with Gasteiger partial charge in [-0.15, -0.1) is 0 Å². The van der Waals surface area contributed by atoms with Crippen molar-refractivity contribution in [3.63, 3.8) is 0 Å². The van der Waals surface area contributed by atoms with Crippen LogP contribution in [0.25, 0.3) is 0 Å². The van der Waals surface area contributed by atoms with Gasteiger partial charge >= 0.3 is 0 Å². The average Bonchev–Trinajstić information content (AvgIpc) is 2.87. The zero-order chi connectivity index (χ0) is 10.1. The predicted molar refractivity (Wildman–Crippen MR) is 51.6 cm³/mol. The quantitative estimate of drug-likeness (QED) is 0.765. The van der Waals surface area contributed by atoms with E-state index >= 15 is 0 Å². The molecule has 1 saturated carbocycles. The number of carbonyl (C=O) groups is 1. The second kappa shape index (κ2) is 3.40. The molecule has 0 unspecified atom stereocenters. The van der Waals surface area contributed by atoms with E-state index in [9.17, 15) is 9.18 Å². The van der Waals surface area contributed by atoms with Gasteiger partial charge in [0.1, 0.15) is 5.82 Å². The number of nitrogens with one attached hydrogen (secondary N) is 1. The van der Waals surface area contributed by atoms with E-state index in [4.69, 9.17) is 0 Å². The maximum absolute atomic E-state index is 13.3. The Kier molecular flexibility index (Phi) is 2.23. The van der Waals surface area contributed by atoms with Crippen LogP contribution in [0.1, 0.15) is 28.8 Å². The number of benzene rings is 1. The van der Waals surface area contributed by atoms with E-state index in [1.807, 2.05) is 0 Å². The second-order valence-electron chi connectivity index (χ2n) is 3.73. The third-order valence-electron chi connectivity index (χ3n) is 2.28. The van der Waals surface area contributed by atoms with Crippen LogP contribution in [0.3, 0.4) is 0 Å². The first-order valence-corrected chi connectivity index (χ1v) is 4.74. The van der Waals surface area contributed by atoms with Gasteiger partial charge in [-0.25, -0.2) is 4.39 Å². The summed E-state index contributed by atoms with van der Waals surface area (Å²) < 4.78 is 13.3. The van der Waals surface area contributed by atoms with Crippen LogP contribution in [0.4, 0.5) is 4.39 Å². The molecule has 2 nitrogen and oxygen atoms in total. The molecular formula is C11H12FNO. The van der Waals surface area contributed by atoms with Crippen molar-refractivity contribution in [3.05, 3.63) is 35.1 Å². The Hall–Kier alpha value is -1.38. The highest BCUT2D eigenvalue weighted by molar-refractivity contribution is 5.94. The molecular weight excluding hydrogens is 181 g/mol. The first kappa shape index (κ1) is 9.19. The zero-order valence-electron chi connectivity index (χ0n) is 8.01. The van der Waals surface area contributed by atoms with Gasteiger partial charge in [0.25, 0.3) is 5.91 Å². The number of halogens is 1. The van der Waals surface area contributed by atoms with Crippen molar-refractivity contribution in [3.8, 4) is 0 Å². The summed E-state index contributed by atoms with van der Waals surface area (Å²) in [5.41, 5.74) is 0.966. The van der Waals surface area contributed by atoms with Crippen molar-refractivity contribution in [2.24, 2.45) is 0 Å². The van der Waals surface area contributed by atoms with Crippen molar-refractivity contribution in [2.75, 3.05) is 0 Å². The molecule has 1 aromatic rings. The first-order chi connectivity index (χ1) is 6.66. The second-order valence-corrected chi connectivity index (χ2v) is 3.73. The summed E-state index contributed by atoms with van der Waals surface area (Å²) in [4.78, 5) is 11.5. The maximum atomic E-state index is 13.3. The van der Waals surface area contributed by atoms with Crippen LogP contribution in [0.5, 0.6) is 0 Å². The van der Waals surface area contributed by atoms with Crippen LogP contribution in [0.2, 0.25) is 0 Å². The number of hydrogen-bond acceptors (Lipinski definition) is 1. The van der Waals surface area contributed by atoms with Crippen LogP contribution in [0.15, 0.2) is 18.2 Å². The van der Waals surface area contributed by atoms with Crippen LogP contribution in [0, 0.1) is 12.7 Å². The summed E-state index contributed by atoms with van der Waals surface area (Å²) in [7, 11) is 0. The average molecular weight is 193 g/mol. The van der Waals surface area contributed by atoms with Gasteiger partial charge in [0, 0.05) is 6.04 Å². The largest absolute Gasteiger partial charge is 0.349 e. The molecule has 0 aromatic heterocycles. The normalized spacial score (nSPS) is 15.3. The summed E-state index contributed by atoms with van der Waals surface area (Å²) in [5.74, 6) is -0.742. The number of aryl methyl sites for hydroxylation is 1. The highest BCUT2D eigenvalue weighted by Gasteiger charge is 2.24. The summed E-state index contributed by atoms with van der Waals surface area (Å²) >= 11 is 0. The lowest BCUT2D eigenvalue weighted by atomic mass is 10.1. The fourth-order valence-corrected chi connectivity index (χ4v) is 1.30. The van der Waals surface area contributed by atoms with E-state index < -0.39 is 5.82 Å². The summed E-state index contributed by atoms with van der Waals surface area (Å²) in [6.45, 7) is 1.80. The third-order valence-corrected chi connectivity index (χ3v) is 2.28. The number of hydrogen-bond donors (Lipinski definition) is 1. The van der Waals surface area contributed by atoms with Crippen LogP contribution < -0.4 is 5.32 Å². The van der Waals surface area contributed by atoms with E-state index in [1.54, 1.807) is 13.0 Å². The lowest BCUT2D eigenvalue weighted by Crippen LogP contribution is -2.26. The summed E-state index contributed by atoms with van der Waals surface area (Å²) in [5, 5.41) is 2.75. The van der Waals surface area contributed by atoms with Crippen molar-refractivity contribution < 1.29 is 9.18 Å². The van der Waals surface area contributed by atoms with Crippen molar-refractivity contribution >= 4 is 5.91 Å². The fraction of sp³-hybridized carbons (Fsp3) is 0.364. The molecule has 1 aromatic carbocycles. The molecule has 0 spiro atoms. The standard InChI is InChI=1S/C11H12FNO/c1-7-2-5-9(10(12)6-7)11(14)13-8-3-4-8/h2,5-6,8H,3-4H2,1H3,(H,13,14). The lowest BCUT2D eigenvalue weighted by molar-refractivity contribution is 0.0947. The Balaban J connectivity index is 2.17. The van der Waals surface area contributed by atoms with E-state index in [0.29, 0.717) is 0 Å². The number of amides is 1. The van der Waals surface area contributed by atoms with Gasteiger partial charge in [-0.1, -0.05) is 6.07 Å². The van der Waals surface area contributed by atoms with Gasteiger partial charge in [-0.2, -0.15) is 0 Å². The van der Waals surface area contributed by atoms with Crippen LogP contribution in [-0.4, -0.2) is 11.9 Å². The zero-order valence-corrected chi connectivity index (χ0v) is 8.01. The Morgan fingerprint density at radius 3 is 2.79 bits per heavy atom. The van der Waals surface area contributed by atoms with Gasteiger partial charge in [0.15, 0.2) is 0 Å². The van der Waals surface area contributed by atoms with Gasteiger partial charge in [-0.3, -0.25) is 4.79 Å². The fourth-order valence-electron chi connectivity index (χ4n) is 1.30. The minimum absolute atomic E-state index is 0.141. The molecule has 0 atom stereocenters. The maximum Gasteiger partial charge on any atom is 0.254 e.